The number of ether oxygens (including phenoxy) is 3. The van der Waals surface area contributed by atoms with Gasteiger partial charge in [0.05, 0.1) is 0 Å². The largest absolute Gasteiger partial charge is 0.479 e. The highest BCUT2D eigenvalue weighted by atomic mass is 16.7. The molecular weight excluding hydrogens is 304 g/mol. The standard InChI is InChI=1S/C7H12O4.C3H4O4.C2H6O2/c1-5(8)4-7(9)11-6(2)10-3;4-2-7-1-3(5)6;1-2(3)4/h6H,4H2,1-3H3;2H,1H2,(H,5,6);2-4H,1H3. The number of carboxylic acids is 1. The van der Waals surface area contributed by atoms with Crippen LogP contribution in [0, 0.1) is 0 Å². The van der Waals surface area contributed by atoms with E-state index in [1.54, 1.807) is 6.92 Å². The maximum absolute atomic E-state index is 10.7. The van der Waals surface area contributed by atoms with Gasteiger partial charge in [-0.1, -0.05) is 0 Å². The molecule has 0 heterocycles. The summed E-state index contributed by atoms with van der Waals surface area (Å²) in [5, 5.41) is 23.0. The van der Waals surface area contributed by atoms with Crippen molar-refractivity contribution >= 4 is 24.2 Å². The Kier molecular flexibility index (Phi) is 19.3. The summed E-state index contributed by atoms with van der Waals surface area (Å²) in [5.74, 6) is -1.91. The van der Waals surface area contributed by atoms with E-state index < -0.39 is 31.1 Å². The van der Waals surface area contributed by atoms with Gasteiger partial charge in [-0.15, -0.1) is 0 Å². The van der Waals surface area contributed by atoms with Crippen molar-refractivity contribution in [1.82, 2.24) is 0 Å². The van der Waals surface area contributed by atoms with Crippen molar-refractivity contribution in [2.45, 2.75) is 39.8 Å². The first-order valence-electron chi connectivity index (χ1n) is 5.91. The number of hydrogen-bond acceptors (Lipinski definition) is 9. The van der Waals surface area contributed by atoms with Gasteiger partial charge in [-0.3, -0.25) is 14.4 Å². The lowest BCUT2D eigenvalue weighted by atomic mass is 10.3. The van der Waals surface area contributed by atoms with Gasteiger partial charge in [-0.2, -0.15) is 0 Å². The molecular formula is C12H22O10. The Bertz CT molecular complexity index is 323. The minimum absolute atomic E-state index is 0.0914. The van der Waals surface area contributed by atoms with Crippen LogP contribution in [0.5, 0.6) is 0 Å². The molecule has 0 aliphatic rings. The van der Waals surface area contributed by atoms with Crippen LogP contribution in [0.1, 0.15) is 27.2 Å². The number of ketones is 1. The smallest absolute Gasteiger partial charge is 0.341 e. The molecule has 0 bridgehead atoms. The first-order chi connectivity index (χ1) is 10.1. The zero-order valence-corrected chi connectivity index (χ0v) is 12.8. The number of Topliss-reactive ketones (excluding diaryl/α,β-unsaturated/α-hetero) is 1. The fraction of sp³-hybridized carbons (Fsp3) is 0.667. The maximum atomic E-state index is 10.7. The number of aliphatic hydroxyl groups excluding tert-OH is 1. The molecule has 0 aliphatic carbocycles. The predicted octanol–water partition coefficient (Wildman–Crippen LogP) is -0.938. The van der Waals surface area contributed by atoms with Gasteiger partial charge in [-0.25, -0.2) is 4.79 Å². The molecule has 0 rings (SSSR count). The Morgan fingerprint density at radius 2 is 1.64 bits per heavy atom. The molecule has 10 heteroatoms. The molecule has 1 unspecified atom stereocenters. The van der Waals surface area contributed by atoms with Crippen LogP contribution in [-0.2, 0) is 33.4 Å². The molecule has 0 aromatic heterocycles. The van der Waals surface area contributed by atoms with Gasteiger partial charge in [0.15, 0.2) is 12.9 Å². The molecule has 0 saturated heterocycles. The summed E-state index contributed by atoms with van der Waals surface area (Å²) < 4.78 is 13.1. The Labute approximate surface area is 127 Å². The third kappa shape index (κ3) is 36.1. The van der Waals surface area contributed by atoms with Crippen molar-refractivity contribution in [3.8, 4) is 0 Å². The summed E-state index contributed by atoms with van der Waals surface area (Å²) in [7, 11) is 1.42. The Morgan fingerprint density at radius 3 is 1.86 bits per heavy atom. The van der Waals surface area contributed by atoms with Crippen LogP contribution in [0.2, 0.25) is 0 Å². The van der Waals surface area contributed by atoms with Crippen molar-refractivity contribution in [2.24, 2.45) is 0 Å². The average molecular weight is 326 g/mol. The molecule has 0 fully saturated rings. The van der Waals surface area contributed by atoms with Crippen molar-refractivity contribution < 1.29 is 48.7 Å². The third-order valence-corrected chi connectivity index (χ3v) is 1.30. The molecule has 1 atom stereocenters. The summed E-state index contributed by atoms with van der Waals surface area (Å²) in [4.78, 5) is 39.8. The molecule has 0 aromatic carbocycles. The molecule has 0 aliphatic heterocycles. The zero-order valence-electron chi connectivity index (χ0n) is 12.8. The fourth-order valence-corrected chi connectivity index (χ4v) is 0.583. The quantitative estimate of drug-likeness (QED) is 0.231. The van der Waals surface area contributed by atoms with E-state index in [9.17, 15) is 19.2 Å². The molecule has 130 valence electrons. The molecule has 0 amide bonds. The van der Waals surface area contributed by atoms with Gasteiger partial charge >= 0.3 is 11.9 Å². The van der Waals surface area contributed by atoms with Gasteiger partial charge in [0.2, 0.25) is 0 Å². The highest BCUT2D eigenvalue weighted by Gasteiger charge is 2.09. The number of aliphatic carboxylic acids is 1. The lowest BCUT2D eigenvalue weighted by molar-refractivity contribution is -0.170. The first-order valence-corrected chi connectivity index (χ1v) is 5.91. The molecule has 0 aromatic rings. The van der Waals surface area contributed by atoms with E-state index in [-0.39, 0.29) is 18.7 Å². The number of methoxy groups -OCH3 is 1. The highest BCUT2D eigenvalue weighted by molar-refractivity contribution is 5.94. The van der Waals surface area contributed by atoms with Gasteiger partial charge in [0, 0.05) is 7.11 Å². The number of hydrogen-bond donors (Lipinski definition) is 3. The fourth-order valence-electron chi connectivity index (χ4n) is 0.583. The average Bonchev–Trinajstić information content (AvgIpc) is 2.35. The number of rotatable bonds is 7. The van der Waals surface area contributed by atoms with Crippen LogP contribution in [0.15, 0.2) is 0 Å². The van der Waals surface area contributed by atoms with Crippen LogP contribution in [0.3, 0.4) is 0 Å². The number of carbonyl (C=O) groups is 4. The number of esters is 1. The predicted molar refractivity (Wildman–Crippen MR) is 71.4 cm³/mol. The lowest BCUT2D eigenvalue weighted by Crippen LogP contribution is -2.18. The van der Waals surface area contributed by atoms with Crippen LogP contribution in [0.25, 0.3) is 0 Å². The second kappa shape index (κ2) is 17.0. The van der Waals surface area contributed by atoms with Crippen molar-refractivity contribution in [3.05, 3.63) is 0 Å². The molecule has 3 N–H and O–H groups in total. The van der Waals surface area contributed by atoms with Gasteiger partial charge in [-0.05, 0) is 20.8 Å². The number of carbonyl (C=O) groups excluding carboxylic acids is 3. The molecule has 10 nitrogen and oxygen atoms in total. The Hall–Kier alpha value is -2.04. The van der Waals surface area contributed by atoms with E-state index in [1.807, 2.05) is 0 Å². The summed E-state index contributed by atoms with van der Waals surface area (Å²) in [6.07, 6.45) is -1.94. The van der Waals surface area contributed by atoms with E-state index in [2.05, 4.69) is 14.2 Å². The van der Waals surface area contributed by atoms with Gasteiger partial charge in [0.25, 0.3) is 6.47 Å². The Morgan fingerprint density at radius 1 is 1.18 bits per heavy atom. The summed E-state index contributed by atoms with van der Waals surface area (Å²) >= 11 is 0. The van der Waals surface area contributed by atoms with Crippen LogP contribution < -0.4 is 0 Å². The summed E-state index contributed by atoms with van der Waals surface area (Å²) in [6, 6.07) is 0. The minimum Gasteiger partial charge on any atom is -0.479 e. The topological polar surface area (TPSA) is 157 Å². The van der Waals surface area contributed by atoms with E-state index in [1.165, 1.54) is 21.0 Å². The first kappa shape index (κ1) is 24.9. The lowest BCUT2D eigenvalue weighted by Gasteiger charge is -2.09. The SMILES string of the molecule is CC(O)O.COC(C)OC(=O)CC(C)=O.O=COCC(=O)O. The second-order valence-corrected chi connectivity index (χ2v) is 3.60. The third-order valence-electron chi connectivity index (χ3n) is 1.30. The van der Waals surface area contributed by atoms with E-state index in [4.69, 9.17) is 15.3 Å². The van der Waals surface area contributed by atoms with Crippen molar-refractivity contribution in [3.63, 3.8) is 0 Å². The van der Waals surface area contributed by atoms with Crippen LogP contribution in [-0.4, -0.2) is 65.8 Å². The van der Waals surface area contributed by atoms with E-state index in [0.29, 0.717) is 0 Å². The normalized spacial score (nSPS) is 10.1. The monoisotopic (exact) mass is 326 g/mol. The summed E-state index contributed by atoms with van der Waals surface area (Å²) in [5.41, 5.74) is 0. The van der Waals surface area contributed by atoms with Gasteiger partial charge < -0.3 is 29.5 Å². The highest BCUT2D eigenvalue weighted by Crippen LogP contribution is 1.95. The van der Waals surface area contributed by atoms with Crippen molar-refractivity contribution in [1.29, 1.82) is 0 Å². The van der Waals surface area contributed by atoms with Crippen LogP contribution >= 0.6 is 0 Å². The maximum Gasteiger partial charge on any atom is 0.341 e. The molecule has 0 radical (unpaired) electrons. The second-order valence-electron chi connectivity index (χ2n) is 3.60. The molecule has 0 spiro atoms. The molecule has 0 saturated carbocycles. The van der Waals surface area contributed by atoms with Gasteiger partial charge in [0.1, 0.15) is 18.5 Å². The van der Waals surface area contributed by atoms with Crippen molar-refractivity contribution in [2.75, 3.05) is 13.7 Å². The number of carboxylic acid groups (broad SMARTS) is 1. The number of aliphatic hydroxyl groups is 2. The van der Waals surface area contributed by atoms with E-state index >= 15 is 0 Å². The molecule has 22 heavy (non-hydrogen) atoms. The summed E-state index contributed by atoms with van der Waals surface area (Å²) in [6.45, 7) is 3.73. The minimum atomic E-state index is -1.17. The van der Waals surface area contributed by atoms with E-state index in [0.717, 1.165) is 0 Å². The Balaban J connectivity index is -0.000000280. The van der Waals surface area contributed by atoms with Crippen LogP contribution in [0.4, 0.5) is 0 Å². The zero-order chi connectivity index (χ0) is 18.1.